The van der Waals surface area contributed by atoms with Gasteiger partial charge in [0, 0.05) is 9.99 Å². The van der Waals surface area contributed by atoms with Gasteiger partial charge in [-0.3, -0.25) is 10.6 Å². The fraction of sp³-hybridized carbons (Fsp3) is 0.514. The van der Waals surface area contributed by atoms with E-state index in [0.717, 1.165) is 14.7 Å². The van der Waals surface area contributed by atoms with Gasteiger partial charge in [0.15, 0.2) is 0 Å². The third-order valence-electron chi connectivity index (χ3n) is 6.15. The largest absolute Gasteiger partial charge is 0.489 e. The zero-order valence-electron chi connectivity index (χ0n) is 29.5. The fourth-order valence-electron chi connectivity index (χ4n) is 4.18. The van der Waals surface area contributed by atoms with Crippen LogP contribution in [0, 0.1) is 3.57 Å². The summed E-state index contributed by atoms with van der Waals surface area (Å²) in [7, 11) is 0. The van der Waals surface area contributed by atoms with Gasteiger partial charge < -0.3 is 28.4 Å². The summed E-state index contributed by atoms with van der Waals surface area (Å²) in [6.45, 7) is 14.7. The number of amides is 1. The van der Waals surface area contributed by atoms with Crippen molar-refractivity contribution in [2.75, 3.05) is 33.0 Å². The summed E-state index contributed by atoms with van der Waals surface area (Å²) in [6.07, 6.45) is -0.835. The van der Waals surface area contributed by atoms with Gasteiger partial charge in [0.2, 0.25) is 11.6 Å². The van der Waals surface area contributed by atoms with Crippen molar-refractivity contribution in [3.63, 3.8) is 0 Å². The van der Waals surface area contributed by atoms with Crippen molar-refractivity contribution in [2.45, 2.75) is 85.6 Å². The molecule has 2 N–H and O–H groups in total. The number of nitrogens with one attached hydrogen (secondary N) is 2. The molecule has 0 fully saturated rings. The zero-order valence-corrected chi connectivity index (χ0v) is 31.7. The van der Waals surface area contributed by atoms with Gasteiger partial charge in [0.05, 0.1) is 26.4 Å². The highest BCUT2D eigenvalue weighted by molar-refractivity contribution is 14.1. The third kappa shape index (κ3) is 15.0. The summed E-state index contributed by atoms with van der Waals surface area (Å²) in [5.74, 6) is -2.47. The second kappa shape index (κ2) is 21.9. The maximum atomic E-state index is 12.9. The van der Waals surface area contributed by atoms with E-state index in [1.54, 1.807) is 48.5 Å². The molecule has 0 bridgehead atoms. The molecule has 0 atom stereocenters. The monoisotopic (exact) mass is 800 g/mol. The van der Waals surface area contributed by atoms with Crippen LogP contribution in [0.2, 0.25) is 0 Å². The molecule has 0 aliphatic carbocycles. The molecule has 13 nitrogen and oxygen atoms in total. The maximum absolute atomic E-state index is 12.9. The molecule has 0 aromatic heterocycles. The highest BCUT2D eigenvalue weighted by atomic mass is 127. The Morgan fingerprint density at radius 3 is 1.76 bits per heavy atom. The molecule has 2 aromatic rings. The van der Waals surface area contributed by atoms with Crippen LogP contribution in [0.5, 0.6) is 5.75 Å². The van der Waals surface area contributed by atoms with Crippen LogP contribution in [0.25, 0.3) is 0 Å². The number of carbonyl (C=O) groups excluding carboxylic acids is 5. The van der Waals surface area contributed by atoms with E-state index in [4.69, 9.17) is 28.4 Å². The first kappa shape index (κ1) is 43.1. The van der Waals surface area contributed by atoms with E-state index >= 15 is 0 Å². The van der Waals surface area contributed by atoms with Crippen molar-refractivity contribution in [1.82, 2.24) is 10.6 Å². The summed E-state index contributed by atoms with van der Waals surface area (Å²) in [4.78, 5) is 60.5. The second-order valence-electron chi connectivity index (χ2n) is 11.2. The van der Waals surface area contributed by atoms with Gasteiger partial charge in [0.25, 0.3) is 0 Å². The topological polar surface area (TPSA) is 165 Å². The Morgan fingerprint density at radius 2 is 1.29 bits per heavy atom. The molecule has 14 heteroatoms. The summed E-state index contributed by atoms with van der Waals surface area (Å²) >= 11 is 2.19. The lowest BCUT2D eigenvalue weighted by Crippen LogP contribution is -2.61. The van der Waals surface area contributed by atoms with Crippen LogP contribution < -0.4 is 15.4 Å². The minimum atomic E-state index is -1.64. The van der Waals surface area contributed by atoms with Crippen molar-refractivity contribution >= 4 is 52.6 Å². The molecule has 0 heterocycles. The molecule has 0 saturated heterocycles. The van der Waals surface area contributed by atoms with Crippen LogP contribution in [0.4, 0.5) is 4.79 Å². The molecular formula is C35H49IN2O11. The summed E-state index contributed by atoms with van der Waals surface area (Å²) in [6, 6.07) is 14.0. The number of ether oxygens (including phenoxy) is 6. The highest BCUT2D eigenvalue weighted by Crippen LogP contribution is 2.28. The van der Waals surface area contributed by atoms with E-state index in [1.165, 1.54) is 0 Å². The number of likely N-dealkylation sites (N-methyl/N-ethyl adjacent to an activating group) is 1. The minimum absolute atomic E-state index is 0.0550. The van der Waals surface area contributed by atoms with Crippen molar-refractivity contribution in [2.24, 2.45) is 0 Å². The maximum Gasteiger partial charge on any atom is 0.408 e. The number of carbonyl (C=O) groups is 5. The molecule has 0 radical (unpaired) electrons. The lowest BCUT2D eigenvalue weighted by Gasteiger charge is -2.30. The molecule has 0 unspecified atom stereocenters. The van der Waals surface area contributed by atoms with E-state index in [-0.39, 0.29) is 32.8 Å². The fourth-order valence-corrected chi connectivity index (χ4v) is 4.74. The van der Waals surface area contributed by atoms with Crippen molar-refractivity contribution < 1.29 is 52.4 Å². The van der Waals surface area contributed by atoms with Gasteiger partial charge in [-0.05, 0) is 107 Å². The first-order chi connectivity index (χ1) is 23.2. The van der Waals surface area contributed by atoms with Gasteiger partial charge in [-0.1, -0.05) is 37.3 Å². The summed E-state index contributed by atoms with van der Waals surface area (Å²) in [5, 5.41) is 5.16. The Kier molecular flexibility index (Phi) is 19.3. The molecule has 49 heavy (non-hydrogen) atoms. The summed E-state index contributed by atoms with van der Waals surface area (Å²) in [5.41, 5.74) is -0.635. The average molecular weight is 801 g/mol. The van der Waals surface area contributed by atoms with E-state index in [1.807, 2.05) is 55.5 Å². The Balaban J connectivity index is 0.000000547. The first-order valence-electron chi connectivity index (χ1n) is 16.0. The smallest absolute Gasteiger partial charge is 0.408 e. The van der Waals surface area contributed by atoms with E-state index < -0.39 is 47.2 Å². The lowest BCUT2D eigenvalue weighted by molar-refractivity contribution is -0.166. The van der Waals surface area contributed by atoms with Gasteiger partial charge in [-0.25, -0.2) is 24.0 Å². The normalized spacial score (nSPS) is 11.0. The number of hydrogen-bond acceptors (Lipinski definition) is 12. The van der Waals surface area contributed by atoms with Crippen molar-refractivity contribution in [3.8, 4) is 5.75 Å². The van der Waals surface area contributed by atoms with Crippen LogP contribution in [0.1, 0.15) is 66.5 Å². The lowest BCUT2D eigenvalue weighted by atomic mass is 9.90. The van der Waals surface area contributed by atoms with Gasteiger partial charge >= 0.3 is 30.0 Å². The number of halogens is 1. The Bertz CT molecular complexity index is 1330. The Labute approximate surface area is 302 Å². The number of esters is 4. The average Bonchev–Trinajstić information content (AvgIpc) is 3.03. The quantitative estimate of drug-likeness (QED) is 0.102. The zero-order chi connectivity index (χ0) is 37.0. The van der Waals surface area contributed by atoms with Crippen LogP contribution in [-0.2, 0) is 55.9 Å². The predicted molar refractivity (Wildman–Crippen MR) is 190 cm³/mol. The van der Waals surface area contributed by atoms with Gasteiger partial charge in [-0.2, -0.15) is 0 Å². The number of hydrogen-bond donors (Lipinski definition) is 2. The molecule has 0 spiro atoms. The third-order valence-corrected chi connectivity index (χ3v) is 6.82. The molecule has 272 valence electrons. The highest BCUT2D eigenvalue weighted by Gasteiger charge is 2.49. The Hall–Kier alpha value is -3.92. The van der Waals surface area contributed by atoms with Gasteiger partial charge in [-0.15, -0.1) is 0 Å². The summed E-state index contributed by atoms with van der Waals surface area (Å²) < 4.78 is 31.9. The van der Waals surface area contributed by atoms with Crippen LogP contribution >= 0.6 is 22.6 Å². The van der Waals surface area contributed by atoms with Crippen LogP contribution in [0.3, 0.4) is 0 Å². The molecule has 0 aliphatic rings. The number of rotatable bonds is 16. The standard InChI is InChI=1S/C23H28INO5.C12H21NO6/c1-4-25-23(21(26)28-5-2,22(27)29-6-3)15-18-14-19(24)12-13-20(18)30-16-17-10-8-7-9-11-17;1-6-17-9(14)8(10(15)18-7-2)13-11(16)19-12(3,4)5/h7-14,25H,4-6,15-16H2,1-3H3;8H,6-7H2,1-5H3,(H,13,16). The van der Waals surface area contributed by atoms with Crippen LogP contribution in [0.15, 0.2) is 48.5 Å². The number of alkyl carbamates (subject to hydrolysis) is 1. The number of benzene rings is 2. The Morgan fingerprint density at radius 1 is 0.755 bits per heavy atom. The first-order valence-corrected chi connectivity index (χ1v) is 17.1. The van der Waals surface area contributed by atoms with Gasteiger partial charge in [0.1, 0.15) is 18.0 Å². The predicted octanol–water partition coefficient (Wildman–Crippen LogP) is 4.89. The molecule has 0 saturated carbocycles. The second-order valence-corrected chi connectivity index (χ2v) is 12.4. The van der Waals surface area contributed by atoms with Crippen LogP contribution in [-0.4, -0.2) is 80.1 Å². The SMILES string of the molecule is CCNC(Cc1cc(I)ccc1OCc1ccccc1)(C(=O)OCC)C(=O)OCC.CCOC(=O)C(NC(=O)OC(C)(C)C)C(=O)OCC. The van der Waals surface area contributed by atoms with Crippen molar-refractivity contribution in [3.05, 3.63) is 63.2 Å². The van der Waals surface area contributed by atoms with E-state index in [0.29, 0.717) is 18.9 Å². The molecule has 1 amide bonds. The van der Waals surface area contributed by atoms with E-state index in [9.17, 15) is 24.0 Å². The minimum Gasteiger partial charge on any atom is -0.489 e. The molecule has 2 rings (SSSR count). The van der Waals surface area contributed by atoms with Crippen molar-refractivity contribution in [1.29, 1.82) is 0 Å². The molecule has 0 aliphatic heterocycles. The molecule has 2 aromatic carbocycles. The molecular weight excluding hydrogens is 751 g/mol. The van der Waals surface area contributed by atoms with E-state index in [2.05, 4.69) is 33.2 Å².